The Kier molecular flexibility index (Phi) is 5.01. The van der Waals surface area contributed by atoms with Gasteiger partial charge in [-0.3, -0.25) is 9.59 Å². The highest BCUT2D eigenvalue weighted by molar-refractivity contribution is 6.46. The molecule has 2 aliphatic heterocycles. The van der Waals surface area contributed by atoms with Crippen LogP contribution < -0.4 is 24.4 Å². The number of rotatable bonds is 5. The van der Waals surface area contributed by atoms with Gasteiger partial charge in [-0.25, -0.2) is 4.90 Å². The molecule has 7 nitrogen and oxygen atoms in total. The van der Waals surface area contributed by atoms with Crippen molar-refractivity contribution in [3.05, 3.63) is 83.1 Å². The molecule has 166 valence electrons. The van der Waals surface area contributed by atoms with E-state index < -0.39 is 11.8 Å². The van der Waals surface area contributed by atoms with Crippen LogP contribution >= 0.6 is 0 Å². The van der Waals surface area contributed by atoms with Crippen LogP contribution in [0.25, 0.3) is 5.57 Å². The molecule has 0 fully saturated rings. The average molecular weight is 442 g/mol. The SMILES string of the molecule is COc1ccccc1C1=C(Nc2ccc3c(c2)OCO3)C(=O)N(c2ccc(C)c(C)c2)C1=O. The van der Waals surface area contributed by atoms with Gasteiger partial charge < -0.3 is 19.5 Å². The van der Waals surface area contributed by atoms with E-state index in [0.717, 1.165) is 11.1 Å². The van der Waals surface area contributed by atoms with E-state index >= 15 is 0 Å². The number of fused-ring (bicyclic) bond motifs is 1. The summed E-state index contributed by atoms with van der Waals surface area (Å²) in [5.41, 5.74) is 4.13. The van der Waals surface area contributed by atoms with Crippen LogP contribution in [0.1, 0.15) is 16.7 Å². The lowest BCUT2D eigenvalue weighted by atomic mass is 10.0. The second-order valence-electron chi connectivity index (χ2n) is 7.86. The molecule has 0 saturated carbocycles. The van der Waals surface area contributed by atoms with Gasteiger partial charge in [-0.15, -0.1) is 0 Å². The van der Waals surface area contributed by atoms with Crippen molar-refractivity contribution in [2.45, 2.75) is 13.8 Å². The summed E-state index contributed by atoms with van der Waals surface area (Å²) in [7, 11) is 1.53. The zero-order chi connectivity index (χ0) is 23.1. The number of hydrogen-bond donors (Lipinski definition) is 1. The number of carbonyl (C=O) groups is 2. The number of nitrogens with zero attached hydrogens (tertiary/aromatic N) is 1. The molecule has 0 atom stereocenters. The number of aryl methyl sites for hydroxylation is 2. The molecule has 0 bridgehead atoms. The van der Waals surface area contributed by atoms with Crippen molar-refractivity contribution in [1.29, 1.82) is 0 Å². The van der Waals surface area contributed by atoms with Crippen LogP contribution in [0.5, 0.6) is 17.2 Å². The third-order valence-corrected chi connectivity index (χ3v) is 5.85. The van der Waals surface area contributed by atoms with Crippen molar-refractivity contribution in [1.82, 2.24) is 0 Å². The third-order valence-electron chi connectivity index (χ3n) is 5.85. The maximum absolute atomic E-state index is 13.7. The van der Waals surface area contributed by atoms with Crippen LogP contribution in [-0.4, -0.2) is 25.7 Å². The Morgan fingerprint density at radius 3 is 2.45 bits per heavy atom. The van der Waals surface area contributed by atoms with Crippen LogP contribution in [0.2, 0.25) is 0 Å². The van der Waals surface area contributed by atoms with Gasteiger partial charge in [0.15, 0.2) is 11.5 Å². The first kappa shape index (κ1) is 20.6. The highest BCUT2D eigenvalue weighted by atomic mass is 16.7. The van der Waals surface area contributed by atoms with Crippen molar-refractivity contribution in [3.63, 3.8) is 0 Å². The first-order valence-corrected chi connectivity index (χ1v) is 10.5. The van der Waals surface area contributed by atoms with E-state index in [0.29, 0.717) is 34.2 Å². The molecule has 1 N–H and O–H groups in total. The fourth-order valence-corrected chi connectivity index (χ4v) is 3.96. The summed E-state index contributed by atoms with van der Waals surface area (Å²) < 4.78 is 16.3. The van der Waals surface area contributed by atoms with E-state index in [4.69, 9.17) is 14.2 Å². The monoisotopic (exact) mass is 442 g/mol. The number of carbonyl (C=O) groups excluding carboxylic acids is 2. The van der Waals surface area contributed by atoms with Gasteiger partial charge in [0.05, 0.1) is 18.4 Å². The maximum Gasteiger partial charge on any atom is 0.282 e. The highest BCUT2D eigenvalue weighted by Gasteiger charge is 2.41. The number of amides is 2. The fourth-order valence-electron chi connectivity index (χ4n) is 3.96. The van der Waals surface area contributed by atoms with Gasteiger partial charge in [0.2, 0.25) is 6.79 Å². The molecule has 5 rings (SSSR count). The number of nitrogens with one attached hydrogen (secondary N) is 1. The summed E-state index contributed by atoms with van der Waals surface area (Å²) in [5, 5.41) is 3.15. The number of hydrogen-bond acceptors (Lipinski definition) is 6. The van der Waals surface area contributed by atoms with Crippen LogP contribution in [0.15, 0.2) is 66.4 Å². The molecule has 2 amide bonds. The molecule has 0 radical (unpaired) electrons. The molecule has 0 aromatic heterocycles. The van der Waals surface area contributed by atoms with E-state index in [1.807, 2.05) is 32.0 Å². The lowest BCUT2D eigenvalue weighted by molar-refractivity contribution is -0.120. The summed E-state index contributed by atoms with van der Waals surface area (Å²) in [6.45, 7) is 4.08. The average Bonchev–Trinajstić information content (AvgIpc) is 3.38. The van der Waals surface area contributed by atoms with E-state index in [1.165, 1.54) is 12.0 Å². The summed E-state index contributed by atoms with van der Waals surface area (Å²) in [6, 6.07) is 17.9. The Morgan fingerprint density at radius 1 is 0.879 bits per heavy atom. The summed E-state index contributed by atoms with van der Waals surface area (Å²) >= 11 is 0. The van der Waals surface area contributed by atoms with Crippen molar-refractivity contribution in [2.75, 3.05) is 24.1 Å². The molecular weight excluding hydrogens is 420 g/mol. The molecule has 0 saturated heterocycles. The number of benzene rings is 3. The van der Waals surface area contributed by atoms with Crippen LogP contribution in [0.3, 0.4) is 0 Å². The van der Waals surface area contributed by atoms with E-state index in [1.54, 1.807) is 42.5 Å². The predicted octanol–water partition coefficient (Wildman–Crippen LogP) is 4.44. The Labute approximate surface area is 191 Å². The number of ether oxygens (including phenoxy) is 3. The maximum atomic E-state index is 13.7. The first-order valence-electron chi connectivity index (χ1n) is 10.5. The van der Waals surface area contributed by atoms with Crippen LogP contribution in [0.4, 0.5) is 11.4 Å². The van der Waals surface area contributed by atoms with Crippen molar-refractivity contribution in [3.8, 4) is 17.2 Å². The number of para-hydroxylation sites is 1. The summed E-state index contributed by atoms with van der Waals surface area (Å²) in [6.07, 6.45) is 0. The van der Waals surface area contributed by atoms with E-state index in [-0.39, 0.29) is 18.1 Å². The van der Waals surface area contributed by atoms with Gasteiger partial charge in [-0.2, -0.15) is 0 Å². The largest absolute Gasteiger partial charge is 0.496 e. The van der Waals surface area contributed by atoms with Gasteiger partial charge >= 0.3 is 0 Å². The Morgan fingerprint density at radius 2 is 1.67 bits per heavy atom. The Balaban J connectivity index is 1.63. The molecular formula is C26H22N2O5. The molecule has 0 aliphatic carbocycles. The molecule has 3 aromatic carbocycles. The molecule has 33 heavy (non-hydrogen) atoms. The smallest absolute Gasteiger partial charge is 0.282 e. The summed E-state index contributed by atoms with van der Waals surface area (Å²) in [5.74, 6) is 0.839. The van der Waals surface area contributed by atoms with Crippen LogP contribution in [-0.2, 0) is 9.59 Å². The van der Waals surface area contributed by atoms with Gasteiger partial charge in [-0.05, 0) is 55.3 Å². The second kappa shape index (κ2) is 8.02. The number of methoxy groups -OCH3 is 1. The van der Waals surface area contributed by atoms with Crippen molar-refractivity contribution in [2.24, 2.45) is 0 Å². The van der Waals surface area contributed by atoms with Gasteiger partial charge in [0.1, 0.15) is 11.4 Å². The van der Waals surface area contributed by atoms with E-state index in [9.17, 15) is 9.59 Å². The Hall–Kier alpha value is -4.26. The highest BCUT2D eigenvalue weighted by Crippen LogP contribution is 2.39. The first-order chi connectivity index (χ1) is 16.0. The molecule has 3 aromatic rings. The van der Waals surface area contributed by atoms with Crippen molar-refractivity contribution >= 4 is 28.8 Å². The van der Waals surface area contributed by atoms with Crippen LogP contribution in [0, 0.1) is 13.8 Å². The third kappa shape index (κ3) is 3.47. The second-order valence-corrected chi connectivity index (χ2v) is 7.86. The molecule has 7 heteroatoms. The molecule has 2 aliphatic rings. The minimum Gasteiger partial charge on any atom is -0.496 e. The number of anilines is 2. The predicted molar refractivity (Wildman–Crippen MR) is 125 cm³/mol. The normalized spacial score (nSPS) is 14.8. The molecule has 0 spiro atoms. The van der Waals surface area contributed by atoms with Crippen molar-refractivity contribution < 1.29 is 23.8 Å². The molecule has 0 unspecified atom stereocenters. The van der Waals surface area contributed by atoms with Gasteiger partial charge in [-0.1, -0.05) is 24.3 Å². The zero-order valence-corrected chi connectivity index (χ0v) is 18.5. The lowest BCUT2D eigenvalue weighted by Crippen LogP contribution is -2.32. The molecule has 2 heterocycles. The van der Waals surface area contributed by atoms with Gasteiger partial charge in [0, 0.05) is 17.3 Å². The quantitative estimate of drug-likeness (QED) is 0.589. The standard InChI is InChI=1S/C26H22N2O5/c1-15-8-10-18(12-16(15)2)28-25(29)23(19-6-4-5-7-20(19)31-3)24(26(28)30)27-17-9-11-21-22(13-17)33-14-32-21/h4-13,27H,14H2,1-3H3. The Bertz CT molecular complexity index is 1330. The zero-order valence-electron chi connectivity index (χ0n) is 18.5. The number of imide groups is 1. The summed E-state index contributed by atoms with van der Waals surface area (Å²) in [4.78, 5) is 28.5. The minimum absolute atomic E-state index is 0.145. The fraction of sp³-hybridized carbons (Fsp3) is 0.154. The lowest BCUT2D eigenvalue weighted by Gasteiger charge is -2.17. The van der Waals surface area contributed by atoms with Gasteiger partial charge in [0.25, 0.3) is 11.8 Å². The topological polar surface area (TPSA) is 77.1 Å². The van der Waals surface area contributed by atoms with E-state index in [2.05, 4.69) is 5.32 Å². The minimum atomic E-state index is -0.443.